The molecule has 1 fully saturated rings. The standard InChI is InChI=1S/C20H19BClFN4O2/c1-11-6-16(13-8-12(21)9-14(22)18(13)28)25-17(7-11)19-24-10-15(23)20(26-19)27-2-4-29-5-3-27/h6-10,28H,2-5,21H2,1H3. The Morgan fingerprint density at radius 1 is 1.14 bits per heavy atom. The number of nitrogens with zero attached hydrogens (tertiary/aromatic N) is 4. The van der Waals surface area contributed by atoms with Crippen molar-refractivity contribution in [2.45, 2.75) is 6.92 Å². The number of benzene rings is 1. The Bertz CT molecular complexity index is 1080. The van der Waals surface area contributed by atoms with Crippen LogP contribution in [0.4, 0.5) is 10.2 Å². The van der Waals surface area contributed by atoms with Gasteiger partial charge in [0.1, 0.15) is 19.3 Å². The summed E-state index contributed by atoms with van der Waals surface area (Å²) >= 11 is 6.13. The van der Waals surface area contributed by atoms with Crippen molar-refractivity contribution < 1.29 is 14.2 Å². The molecule has 0 bridgehead atoms. The van der Waals surface area contributed by atoms with Crippen molar-refractivity contribution in [2.75, 3.05) is 31.2 Å². The number of aromatic nitrogens is 3. The van der Waals surface area contributed by atoms with E-state index in [0.29, 0.717) is 49.1 Å². The number of hydrogen-bond donors (Lipinski definition) is 1. The molecule has 148 valence electrons. The Hall–Kier alpha value is -2.71. The molecule has 2 aromatic heterocycles. The second kappa shape index (κ2) is 7.97. The molecular formula is C20H19BClFN4O2. The molecule has 0 saturated carbocycles. The number of phenolic OH excluding ortho intramolecular Hbond substituents is 1. The quantitative estimate of drug-likeness (QED) is 0.665. The molecule has 1 aliphatic heterocycles. The molecule has 0 atom stereocenters. The molecule has 0 unspecified atom stereocenters. The van der Waals surface area contributed by atoms with Crippen molar-refractivity contribution in [3.8, 4) is 28.5 Å². The van der Waals surface area contributed by atoms with Gasteiger partial charge in [-0.05, 0) is 30.7 Å². The van der Waals surface area contributed by atoms with Crippen LogP contribution in [0.2, 0.25) is 5.02 Å². The molecule has 1 saturated heterocycles. The Kier molecular flexibility index (Phi) is 5.38. The molecule has 3 aromatic rings. The fourth-order valence-electron chi connectivity index (χ4n) is 3.33. The second-order valence-corrected chi connectivity index (χ2v) is 7.43. The van der Waals surface area contributed by atoms with Gasteiger partial charge in [0.05, 0.1) is 30.1 Å². The first-order valence-electron chi connectivity index (χ1n) is 9.26. The first kappa shape index (κ1) is 19.6. The monoisotopic (exact) mass is 412 g/mol. The van der Waals surface area contributed by atoms with Gasteiger partial charge in [-0.1, -0.05) is 23.1 Å². The van der Waals surface area contributed by atoms with E-state index in [2.05, 4.69) is 15.0 Å². The smallest absolute Gasteiger partial charge is 0.183 e. The van der Waals surface area contributed by atoms with E-state index in [-0.39, 0.29) is 16.6 Å². The Balaban J connectivity index is 1.79. The van der Waals surface area contributed by atoms with Gasteiger partial charge >= 0.3 is 0 Å². The summed E-state index contributed by atoms with van der Waals surface area (Å²) in [6.07, 6.45) is 1.16. The van der Waals surface area contributed by atoms with Crippen LogP contribution in [-0.4, -0.2) is 54.2 Å². The molecule has 1 N–H and O–H groups in total. The summed E-state index contributed by atoms with van der Waals surface area (Å²) in [4.78, 5) is 15.0. The lowest BCUT2D eigenvalue weighted by Gasteiger charge is -2.28. The maximum atomic E-state index is 14.4. The number of halogens is 2. The summed E-state index contributed by atoms with van der Waals surface area (Å²) < 4.78 is 19.7. The van der Waals surface area contributed by atoms with E-state index in [0.717, 1.165) is 17.2 Å². The van der Waals surface area contributed by atoms with Crippen LogP contribution >= 0.6 is 11.6 Å². The van der Waals surface area contributed by atoms with Gasteiger partial charge in [0.15, 0.2) is 17.5 Å². The highest BCUT2D eigenvalue weighted by molar-refractivity contribution is 6.37. The number of pyridine rings is 1. The van der Waals surface area contributed by atoms with Gasteiger partial charge in [0, 0.05) is 18.7 Å². The highest BCUT2D eigenvalue weighted by atomic mass is 35.5. The van der Waals surface area contributed by atoms with Crippen LogP contribution in [0.15, 0.2) is 30.5 Å². The number of rotatable bonds is 3. The molecule has 1 aromatic carbocycles. The average Bonchev–Trinajstić information content (AvgIpc) is 2.71. The lowest BCUT2D eigenvalue weighted by molar-refractivity contribution is 0.122. The summed E-state index contributed by atoms with van der Waals surface area (Å²) in [6.45, 7) is 4.10. The van der Waals surface area contributed by atoms with E-state index in [9.17, 15) is 9.50 Å². The van der Waals surface area contributed by atoms with Crippen molar-refractivity contribution in [1.29, 1.82) is 0 Å². The minimum Gasteiger partial charge on any atom is -0.506 e. The van der Waals surface area contributed by atoms with Crippen LogP contribution in [0.25, 0.3) is 22.8 Å². The van der Waals surface area contributed by atoms with Crippen LogP contribution in [0, 0.1) is 12.7 Å². The van der Waals surface area contributed by atoms with Gasteiger partial charge in [-0.3, -0.25) is 0 Å². The predicted molar refractivity (Wildman–Crippen MR) is 113 cm³/mol. The fourth-order valence-corrected chi connectivity index (χ4v) is 3.60. The molecule has 0 aliphatic carbocycles. The average molecular weight is 413 g/mol. The van der Waals surface area contributed by atoms with Crippen molar-refractivity contribution in [1.82, 2.24) is 15.0 Å². The summed E-state index contributed by atoms with van der Waals surface area (Å²) in [5, 5.41) is 10.7. The molecule has 9 heteroatoms. The Morgan fingerprint density at radius 3 is 2.62 bits per heavy atom. The first-order chi connectivity index (χ1) is 13.9. The topological polar surface area (TPSA) is 71.4 Å². The van der Waals surface area contributed by atoms with E-state index in [1.54, 1.807) is 6.07 Å². The third-order valence-corrected chi connectivity index (χ3v) is 5.01. The highest BCUT2D eigenvalue weighted by Gasteiger charge is 2.19. The summed E-state index contributed by atoms with van der Waals surface area (Å²) in [6, 6.07) is 7.18. The molecule has 1 aliphatic rings. The maximum Gasteiger partial charge on any atom is 0.183 e. The van der Waals surface area contributed by atoms with Crippen LogP contribution in [0.5, 0.6) is 5.75 Å². The Morgan fingerprint density at radius 2 is 1.86 bits per heavy atom. The number of morpholine rings is 1. The third-order valence-electron chi connectivity index (χ3n) is 4.72. The fraction of sp³-hybridized carbons (Fsp3) is 0.250. The van der Waals surface area contributed by atoms with Crippen LogP contribution in [0.1, 0.15) is 5.56 Å². The van der Waals surface area contributed by atoms with E-state index < -0.39 is 5.82 Å². The predicted octanol–water partition coefficient (Wildman–Crippen LogP) is 2.11. The molecule has 29 heavy (non-hydrogen) atoms. The Labute approximate surface area is 173 Å². The SMILES string of the molecule is Bc1cc(Cl)c(O)c(-c2cc(C)cc(-c3ncc(F)c(N4CCOCC4)n3)n2)c1. The molecular weight excluding hydrogens is 394 g/mol. The normalized spacial score (nSPS) is 14.2. The molecule has 3 heterocycles. The largest absolute Gasteiger partial charge is 0.506 e. The van der Waals surface area contributed by atoms with Crippen molar-refractivity contribution in [3.05, 3.63) is 46.9 Å². The number of aromatic hydroxyl groups is 1. The molecule has 4 rings (SSSR count). The van der Waals surface area contributed by atoms with Crippen molar-refractivity contribution in [3.63, 3.8) is 0 Å². The summed E-state index contributed by atoms with van der Waals surface area (Å²) in [5.74, 6) is 0.0441. The van der Waals surface area contributed by atoms with Gasteiger partial charge < -0.3 is 14.7 Å². The minimum absolute atomic E-state index is 0.0321. The van der Waals surface area contributed by atoms with Gasteiger partial charge in [-0.25, -0.2) is 19.3 Å². The minimum atomic E-state index is -0.480. The molecule has 6 nitrogen and oxygen atoms in total. The zero-order chi connectivity index (χ0) is 20.5. The van der Waals surface area contributed by atoms with Crippen LogP contribution in [-0.2, 0) is 4.74 Å². The zero-order valence-electron chi connectivity index (χ0n) is 16.1. The van der Waals surface area contributed by atoms with E-state index in [1.165, 1.54) is 0 Å². The van der Waals surface area contributed by atoms with Gasteiger partial charge in [0.25, 0.3) is 0 Å². The van der Waals surface area contributed by atoms with Crippen LogP contribution < -0.4 is 10.4 Å². The number of aryl methyl sites for hydroxylation is 1. The molecule has 0 radical (unpaired) electrons. The number of hydrogen-bond acceptors (Lipinski definition) is 6. The first-order valence-corrected chi connectivity index (χ1v) is 9.64. The zero-order valence-corrected chi connectivity index (χ0v) is 16.9. The van der Waals surface area contributed by atoms with Crippen molar-refractivity contribution in [2.24, 2.45) is 0 Å². The van der Waals surface area contributed by atoms with Crippen LogP contribution in [0.3, 0.4) is 0 Å². The second-order valence-electron chi connectivity index (χ2n) is 7.02. The van der Waals surface area contributed by atoms with E-state index in [4.69, 9.17) is 16.3 Å². The number of ether oxygens (including phenoxy) is 1. The number of anilines is 1. The van der Waals surface area contributed by atoms with Gasteiger partial charge in [-0.15, -0.1) is 0 Å². The van der Waals surface area contributed by atoms with Gasteiger partial charge in [0.2, 0.25) is 0 Å². The molecule has 0 amide bonds. The summed E-state index contributed by atoms with van der Waals surface area (Å²) in [5.41, 5.74) is 3.37. The highest BCUT2D eigenvalue weighted by Crippen LogP contribution is 2.34. The van der Waals surface area contributed by atoms with Gasteiger partial charge in [-0.2, -0.15) is 0 Å². The lowest BCUT2D eigenvalue weighted by atomic mass is 9.92. The van der Waals surface area contributed by atoms with E-state index >= 15 is 0 Å². The molecule has 0 spiro atoms. The van der Waals surface area contributed by atoms with E-state index in [1.807, 2.05) is 37.9 Å². The van der Waals surface area contributed by atoms with Crippen molar-refractivity contribution >= 4 is 30.7 Å². The maximum absolute atomic E-state index is 14.4. The lowest BCUT2D eigenvalue weighted by Crippen LogP contribution is -2.37. The number of phenols is 1. The summed E-state index contributed by atoms with van der Waals surface area (Å²) in [7, 11) is 1.89. The third kappa shape index (κ3) is 4.04.